The van der Waals surface area contributed by atoms with Crippen LogP contribution in [-0.2, 0) is 14.9 Å². The first-order valence-corrected chi connectivity index (χ1v) is 10.2. The summed E-state index contributed by atoms with van der Waals surface area (Å²) >= 11 is 0. The van der Waals surface area contributed by atoms with Crippen LogP contribution in [-0.4, -0.2) is 53.2 Å². The van der Waals surface area contributed by atoms with Gasteiger partial charge in [0.25, 0.3) is 0 Å². The van der Waals surface area contributed by atoms with E-state index < -0.39 is 6.23 Å². The lowest BCUT2D eigenvalue weighted by Gasteiger charge is -2.58. The number of fused-ring (bicyclic) bond motifs is 2. The summed E-state index contributed by atoms with van der Waals surface area (Å²) in [6, 6.07) is 8.86. The van der Waals surface area contributed by atoms with Crippen LogP contribution in [0.2, 0.25) is 0 Å². The molecule has 0 radical (unpaired) electrons. The maximum Gasteiger partial charge on any atom is 0.335 e. The van der Waals surface area contributed by atoms with E-state index >= 15 is 0 Å². The maximum absolute atomic E-state index is 13.3. The zero-order valence-corrected chi connectivity index (χ0v) is 15.4. The van der Waals surface area contributed by atoms with Crippen molar-refractivity contribution in [1.82, 2.24) is 4.90 Å². The van der Waals surface area contributed by atoms with Crippen molar-refractivity contribution in [3.8, 4) is 0 Å². The molecule has 144 valence electrons. The molecule has 7 nitrogen and oxygen atoms in total. The predicted octanol–water partition coefficient (Wildman–Crippen LogP) is 1.70. The molecule has 4 fully saturated rings. The van der Waals surface area contributed by atoms with Crippen LogP contribution in [0.25, 0.3) is 0 Å². The van der Waals surface area contributed by atoms with Crippen molar-refractivity contribution in [3.63, 3.8) is 0 Å². The molecule has 7 rings (SSSR count). The zero-order chi connectivity index (χ0) is 18.8. The minimum atomic E-state index is -1.14. The van der Waals surface area contributed by atoms with Crippen molar-refractivity contribution >= 4 is 11.6 Å². The number of carbonyl (C=O) groups excluding carboxylic acids is 1. The summed E-state index contributed by atoms with van der Waals surface area (Å²) in [6.45, 7) is 1.79. The predicted molar refractivity (Wildman–Crippen MR) is 99.3 cm³/mol. The molecule has 1 amide bonds. The van der Waals surface area contributed by atoms with Gasteiger partial charge >= 0.3 is 6.23 Å². The Kier molecular flexibility index (Phi) is 2.70. The van der Waals surface area contributed by atoms with Crippen molar-refractivity contribution in [2.75, 3.05) is 18.0 Å². The number of hydrogen-bond donors (Lipinski definition) is 0. The summed E-state index contributed by atoms with van der Waals surface area (Å²) in [5.41, 5.74) is 3.47. The molecule has 1 aliphatic carbocycles. The van der Waals surface area contributed by atoms with Gasteiger partial charge in [0.15, 0.2) is 0 Å². The minimum Gasteiger partial charge on any atom is -0.310 e. The normalized spacial score (nSPS) is 44.8. The Morgan fingerprint density at radius 3 is 3.00 bits per heavy atom. The molecule has 0 N–H and O–H groups in total. The molecule has 5 heterocycles. The molecule has 28 heavy (non-hydrogen) atoms. The van der Waals surface area contributed by atoms with Gasteiger partial charge in [-0.2, -0.15) is 0 Å². The van der Waals surface area contributed by atoms with E-state index in [-0.39, 0.29) is 46.6 Å². The molecule has 5 aliphatic heterocycles. The van der Waals surface area contributed by atoms with Gasteiger partial charge in [0.05, 0.1) is 23.5 Å². The number of anilines is 1. The van der Waals surface area contributed by atoms with Gasteiger partial charge < -0.3 is 9.64 Å². The number of carbonyl (C=O) groups is 1. The Labute approximate surface area is 162 Å². The highest BCUT2D eigenvalue weighted by atomic mass is 16.7. The summed E-state index contributed by atoms with van der Waals surface area (Å²) in [4.78, 5) is 29.1. The third kappa shape index (κ3) is 1.56. The van der Waals surface area contributed by atoms with Crippen molar-refractivity contribution in [3.05, 3.63) is 51.6 Å². The van der Waals surface area contributed by atoms with Crippen molar-refractivity contribution < 1.29 is 14.5 Å². The second-order valence-electron chi connectivity index (χ2n) is 9.22. The minimum absolute atomic E-state index is 0.0547. The molecule has 6 aliphatic rings. The molecule has 1 saturated carbocycles. The second kappa shape index (κ2) is 4.83. The van der Waals surface area contributed by atoms with Crippen LogP contribution >= 0.6 is 0 Å². The average Bonchev–Trinajstić information content (AvgIpc) is 3.16. The van der Waals surface area contributed by atoms with Crippen LogP contribution < -0.4 is 4.90 Å². The van der Waals surface area contributed by atoms with Crippen LogP contribution in [0.15, 0.2) is 35.9 Å². The summed E-state index contributed by atoms with van der Waals surface area (Å²) in [5.74, 6) is 0.467. The molecular weight excluding hydrogens is 358 g/mol. The van der Waals surface area contributed by atoms with Gasteiger partial charge in [-0.3, -0.25) is 19.8 Å². The van der Waals surface area contributed by atoms with Crippen LogP contribution in [0.1, 0.15) is 24.8 Å². The molecule has 0 unspecified atom stereocenters. The summed E-state index contributed by atoms with van der Waals surface area (Å²) in [5, 5.41) is 11.6. The highest BCUT2D eigenvalue weighted by molar-refractivity contribution is 5.99. The number of ether oxygens (including phenoxy) is 1. The van der Waals surface area contributed by atoms with Gasteiger partial charge in [-0.05, 0) is 42.5 Å². The lowest BCUT2D eigenvalue weighted by Crippen LogP contribution is -2.69. The quantitative estimate of drug-likeness (QED) is 0.422. The Bertz CT molecular complexity index is 976. The first kappa shape index (κ1) is 15.6. The number of hydrogen-bond acceptors (Lipinski definition) is 5. The van der Waals surface area contributed by atoms with Crippen molar-refractivity contribution in [2.45, 2.75) is 49.1 Å². The lowest BCUT2D eigenvalue weighted by atomic mass is 9.53. The van der Waals surface area contributed by atoms with E-state index in [1.807, 2.05) is 6.07 Å². The second-order valence-corrected chi connectivity index (χ2v) is 9.22. The fourth-order valence-electron chi connectivity index (χ4n) is 7.67. The van der Waals surface area contributed by atoms with Gasteiger partial charge in [0, 0.05) is 35.7 Å². The van der Waals surface area contributed by atoms with E-state index in [2.05, 4.69) is 28.0 Å². The van der Waals surface area contributed by atoms with E-state index in [0.717, 1.165) is 37.2 Å². The summed E-state index contributed by atoms with van der Waals surface area (Å²) in [7, 11) is 0. The van der Waals surface area contributed by atoms with Gasteiger partial charge in [-0.15, -0.1) is 0 Å². The standard InChI is InChI=1S/C21H21N3O4/c25-17-9-15-19-12-8-16-21(13-3-1-2-4-14(13)23(17)20(19)21)5-6-22(16)10-11(12)7-18(28-15)24(26)27/h1-4,7,12,15-16,18-20H,5-6,8-10H2/t12-,15-,16-,18-,19-,20+,21-/m0/s1. The Morgan fingerprint density at radius 1 is 1.29 bits per heavy atom. The SMILES string of the molecule is O=C1C[C@@H]2O[C@H]([N+](=O)[O-])C=C3CN4CC[C@@]56c7ccccc7N1[C@@H]5[C@H]2[C@H]3C[C@H]46. The molecule has 7 atom stereocenters. The molecule has 3 saturated heterocycles. The number of para-hydroxylation sites is 1. The Balaban J connectivity index is 1.50. The highest BCUT2D eigenvalue weighted by Gasteiger charge is 2.71. The summed E-state index contributed by atoms with van der Waals surface area (Å²) in [6.07, 6.45) is 2.55. The third-order valence-electron chi connectivity index (χ3n) is 8.44. The molecule has 7 heteroatoms. The van der Waals surface area contributed by atoms with Crippen LogP contribution in [0.5, 0.6) is 0 Å². The fraction of sp³-hybridized carbons (Fsp3) is 0.571. The van der Waals surface area contributed by atoms with Crippen molar-refractivity contribution in [1.29, 1.82) is 0 Å². The van der Waals surface area contributed by atoms with E-state index in [1.165, 1.54) is 5.56 Å². The fourth-order valence-corrected chi connectivity index (χ4v) is 7.67. The average molecular weight is 379 g/mol. The largest absolute Gasteiger partial charge is 0.335 e. The van der Waals surface area contributed by atoms with Gasteiger partial charge in [-0.25, -0.2) is 0 Å². The first-order valence-electron chi connectivity index (χ1n) is 10.2. The van der Waals surface area contributed by atoms with Crippen LogP contribution in [0, 0.1) is 22.0 Å². The van der Waals surface area contributed by atoms with Crippen molar-refractivity contribution in [2.24, 2.45) is 11.8 Å². The third-order valence-corrected chi connectivity index (χ3v) is 8.44. The summed E-state index contributed by atoms with van der Waals surface area (Å²) < 4.78 is 6.02. The number of piperidine rings is 2. The molecule has 0 aromatic heterocycles. The number of nitro groups is 1. The molecule has 1 aromatic rings. The monoisotopic (exact) mass is 379 g/mol. The van der Waals surface area contributed by atoms with Gasteiger partial charge in [0.2, 0.25) is 5.91 Å². The Hall–Kier alpha value is -2.25. The number of rotatable bonds is 1. The van der Waals surface area contributed by atoms with E-state index in [1.54, 1.807) is 6.08 Å². The van der Waals surface area contributed by atoms with Gasteiger partial charge in [-0.1, -0.05) is 18.2 Å². The van der Waals surface area contributed by atoms with Gasteiger partial charge in [0.1, 0.15) is 0 Å². The number of nitrogens with zero attached hydrogens (tertiary/aromatic N) is 3. The van der Waals surface area contributed by atoms with E-state index in [9.17, 15) is 14.9 Å². The lowest BCUT2D eigenvalue weighted by molar-refractivity contribution is -0.565. The van der Waals surface area contributed by atoms with Crippen LogP contribution in [0.3, 0.4) is 0 Å². The zero-order valence-electron chi connectivity index (χ0n) is 15.4. The molecule has 2 bridgehead atoms. The first-order chi connectivity index (χ1) is 13.6. The molecular formula is C21H21N3O4. The molecule has 1 spiro atoms. The smallest absolute Gasteiger partial charge is 0.310 e. The molecule has 1 aromatic carbocycles. The Morgan fingerprint density at radius 2 is 2.14 bits per heavy atom. The van der Waals surface area contributed by atoms with Crippen LogP contribution in [0.4, 0.5) is 5.69 Å². The number of amides is 1. The number of benzene rings is 1. The van der Waals surface area contributed by atoms with E-state index in [0.29, 0.717) is 6.04 Å². The topological polar surface area (TPSA) is 75.9 Å². The highest BCUT2D eigenvalue weighted by Crippen LogP contribution is 2.65. The maximum atomic E-state index is 13.3. The van der Waals surface area contributed by atoms with E-state index in [4.69, 9.17) is 4.74 Å².